The summed E-state index contributed by atoms with van der Waals surface area (Å²) in [5, 5.41) is 6.20. The van der Waals surface area contributed by atoms with Crippen molar-refractivity contribution in [2.75, 3.05) is 48.3 Å². The van der Waals surface area contributed by atoms with Gasteiger partial charge in [0.15, 0.2) is 9.84 Å². The van der Waals surface area contributed by atoms with Gasteiger partial charge in [-0.3, -0.25) is 4.90 Å². The van der Waals surface area contributed by atoms with E-state index in [1.807, 2.05) is 0 Å². The predicted molar refractivity (Wildman–Crippen MR) is 108 cm³/mol. The second-order valence-corrected chi connectivity index (χ2v) is 9.63. The van der Waals surface area contributed by atoms with Crippen LogP contribution >= 0.6 is 27.5 Å². The van der Waals surface area contributed by atoms with Gasteiger partial charge in [0.2, 0.25) is 5.95 Å². The van der Waals surface area contributed by atoms with Crippen LogP contribution in [0.25, 0.3) is 0 Å². The van der Waals surface area contributed by atoms with Gasteiger partial charge >= 0.3 is 0 Å². The summed E-state index contributed by atoms with van der Waals surface area (Å²) >= 11 is 9.18. The second-order valence-electron chi connectivity index (χ2n) is 6.06. The molecule has 0 atom stereocenters. The minimum Gasteiger partial charge on any atom is -0.368 e. The van der Waals surface area contributed by atoms with Crippen LogP contribution in [-0.2, 0) is 9.84 Å². The van der Waals surface area contributed by atoms with Gasteiger partial charge in [-0.05, 0) is 34.1 Å². The highest BCUT2D eigenvalue weighted by molar-refractivity contribution is 9.10. The summed E-state index contributed by atoms with van der Waals surface area (Å²) in [7, 11) is -2.87. The molecule has 0 radical (unpaired) electrons. The van der Waals surface area contributed by atoms with Crippen molar-refractivity contribution in [2.24, 2.45) is 0 Å². The summed E-state index contributed by atoms with van der Waals surface area (Å²) in [4.78, 5) is 10.7. The Morgan fingerprint density at radius 1 is 1.30 bits per heavy atom. The molecule has 1 aromatic heterocycles. The van der Waals surface area contributed by atoms with Gasteiger partial charge in [-0.2, -0.15) is 4.98 Å². The molecule has 7 nitrogen and oxygen atoms in total. The number of hydrogen-bond donors (Lipinski definition) is 2. The predicted octanol–water partition coefficient (Wildman–Crippen LogP) is 2.92. The molecule has 3 rings (SSSR count). The Balaban J connectivity index is 1.57. The fourth-order valence-electron chi connectivity index (χ4n) is 2.56. The quantitative estimate of drug-likeness (QED) is 0.660. The van der Waals surface area contributed by atoms with Crippen LogP contribution in [-0.4, -0.2) is 61.0 Å². The maximum absolute atomic E-state index is 13.2. The number of rotatable bonds is 6. The van der Waals surface area contributed by atoms with Crippen molar-refractivity contribution in [1.29, 1.82) is 0 Å². The zero-order valence-electron chi connectivity index (χ0n) is 14.3. The molecule has 1 fully saturated rings. The summed E-state index contributed by atoms with van der Waals surface area (Å²) in [6.45, 7) is 2.42. The molecule has 2 heterocycles. The van der Waals surface area contributed by atoms with Crippen LogP contribution in [0.5, 0.6) is 0 Å². The van der Waals surface area contributed by atoms with Gasteiger partial charge < -0.3 is 10.6 Å². The lowest BCUT2D eigenvalue weighted by molar-refractivity contribution is 0.307. The Bertz CT molecular complexity index is 917. The van der Waals surface area contributed by atoms with E-state index in [1.54, 1.807) is 12.3 Å². The molecule has 1 aliphatic rings. The normalized spacial score (nSPS) is 16.9. The van der Waals surface area contributed by atoms with Crippen molar-refractivity contribution in [2.45, 2.75) is 0 Å². The van der Waals surface area contributed by atoms with E-state index in [1.165, 1.54) is 12.1 Å². The summed E-state index contributed by atoms with van der Waals surface area (Å²) < 4.78 is 36.9. The number of halogens is 3. The van der Waals surface area contributed by atoms with E-state index in [2.05, 4.69) is 41.4 Å². The molecular weight excluding hydrogens is 461 g/mol. The van der Waals surface area contributed by atoms with Gasteiger partial charge in [0.05, 0.1) is 21.0 Å². The van der Waals surface area contributed by atoms with Crippen molar-refractivity contribution in [1.82, 2.24) is 14.9 Å². The van der Waals surface area contributed by atoms with Crippen LogP contribution in [0.15, 0.2) is 28.9 Å². The Kier molecular flexibility index (Phi) is 6.51. The Morgan fingerprint density at radius 3 is 2.74 bits per heavy atom. The van der Waals surface area contributed by atoms with Gasteiger partial charge in [-0.25, -0.2) is 17.8 Å². The second kappa shape index (κ2) is 8.68. The third kappa shape index (κ3) is 5.74. The van der Waals surface area contributed by atoms with Crippen molar-refractivity contribution < 1.29 is 12.8 Å². The first-order valence-electron chi connectivity index (χ1n) is 8.24. The monoisotopic (exact) mass is 477 g/mol. The lowest BCUT2D eigenvalue weighted by Gasteiger charge is -2.26. The zero-order chi connectivity index (χ0) is 19.4. The molecule has 0 unspecified atom stereocenters. The Morgan fingerprint density at radius 2 is 2.04 bits per heavy atom. The molecule has 0 saturated carbocycles. The number of anilines is 3. The summed E-state index contributed by atoms with van der Waals surface area (Å²) in [5.74, 6) is 0.862. The van der Waals surface area contributed by atoms with Crippen LogP contribution in [0.1, 0.15) is 0 Å². The summed E-state index contributed by atoms with van der Waals surface area (Å²) in [5.41, 5.74) is 0.573. The van der Waals surface area contributed by atoms with E-state index in [-0.39, 0.29) is 16.5 Å². The van der Waals surface area contributed by atoms with Crippen LogP contribution in [0.3, 0.4) is 0 Å². The summed E-state index contributed by atoms with van der Waals surface area (Å²) in [6.07, 6.45) is 1.61. The lowest BCUT2D eigenvalue weighted by atomic mass is 10.3. The van der Waals surface area contributed by atoms with Gasteiger partial charge in [-0.15, -0.1) is 0 Å². The number of nitrogens with zero attached hydrogens (tertiary/aromatic N) is 3. The molecular formula is C16H18BrClFN5O2S. The topological polar surface area (TPSA) is 87.2 Å². The highest BCUT2D eigenvalue weighted by Gasteiger charge is 2.21. The minimum atomic E-state index is -2.87. The first-order valence-corrected chi connectivity index (χ1v) is 11.2. The fourth-order valence-corrected chi connectivity index (χ4v) is 4.35. The first kappa shape index (κ1) is 20.2. The van der Waals surface area contributed by atoms with E-state index in [9.17, 15) is 12.8 Å². The lowest BCUT2D eigenvalue weighted by Crippen LogP contribution is -2.42. The average molecular weight is 479 g/mol. The molecule has 2 aromatic rings. The Hall–Kier alpha value is -1.49. The van der Waals surface area contributed by atoms with E-state index in [0.717, 1.165) is 0 Å². The molecule has 27 heavy (non-hydrogen) atoms. The third-order valence-electron chi connectivity index (χ3n) is 4.08. The number of aromatic nitrogens is 2. The number of sulfone groups is 1. The number of nitrogens with one attached hydrogen (secondary N) is 2. The van der Waals surface area contributed by atoms with Crippen LogP contribution < -0.4 is 10.6 Å². The van der Waals surface area contributed by atoms with E-state index < -0.39 is 15.7 Å². The molecule has 11 heteroatoms. The molecule has 2 N–H and O–H groups in total. The summed E-state index contributed by atoms with van der Waals surface area (Å²) in [6, 6.07) is 4.27. The van der Waals surface area contributed by atoms with Crippen LogP contribution in [0, 0.1) is 5.82 Å². The third-order valence-corrected chi connectivity index (χ3v) is 6.56. The highest BCUT2D eigenvalue weighted by Crippen LogP contribution is 2.24. The molecule has 0 bridgehead atoms. The van der Waals surface area contributed by atoms with Crippen LogP contribution in [0.4, 0.5) is 21.8 Å². The van der Waals surface area contributed by atoms with Crippen molar-refractivity contribution in [3.8, 4) is 0 Å². The molecule has 0 amide bonds. The van der Waals surface area contributed by atoms with E-state index >= 15 is 0 Å². The minimum absolute atomic E-state index is 0.0130. The molecule has 1 aliphatic heterocycles. The largest absolute Gasteiger partial charge is 0.368 e. The molecule has 0 aliphatic carbocycles. The maximum atomic E-state index is 13.2. The van der Waals surface area contributed by atoms with E-state index in [4.69, 9.17) is 11.6 Å². The highest BCUT2D eigenvalue weighted by atomic mass is 79.9. The Labute approximate surface area is 170 Å². The van der Waals surface area contributed by atoms with Crippen molar-refractivity contribution >= 4 is 54.8 Å². The number of hydrogen-bond acceptors (Lipinski definition) is 7. The standard InChI is InChI=1S/C16H18BrClFN5O2S/c17-12-10-21-16(22-11-1-2-14(19)13(18)9-11)23-15(12)20-3-4-24-5-7-27(25,26)8-6-24/h1-2,9-10H,3-8H2,(H2,20,21,22,23). The van der Waals surface area contributed by atoms with Gasteiger partial charge in [-0.1, -0.05) is 11.6 Å². The van der Waals surface area contributed by atoms with Gasteiger partial charge in [0.25, 0.3) is 0 Å². The zero-order valence-corrected chi connectivity index (χ0v) is 17.4. The van der Waals surface area contributed by atoms with Crippen LogP contribution in [0.2, 0.25) is 5.02 Å². The fraction of sp³-hybridized carbons (Fsp3) is 0.375. The van der Waals surface area contributed by atoms with Crippen molar-refractivity contribution in [3.63, 3.8) is 0 Å². The smallest absolute Gasteiger partial charge is 0.229 e. The van der Waals surface area contributed by atoms with Gasteiger partial charge in [0.1, 0.15) is 11.6 Å². The van der Waals surface area contributed by atoms with E-state index in [0.29, 0.717) is 48.1 Å². The maximum Gasteiger partial charge on any atom is 0.229 e. The first-order chi connectivity index (χ1) is 12.8. The SMILES string of the molecule is O=S1(=O)CCN(CCNc2nc(Nc3ccc(F)c(Cl)c3)ncc2Br)CC1. The molecule has 0 spiro atoms. The number of benzene rings is 1. The average Bonchev–Trinajstić information content (AvgIpc) is 2.62. The molecule has 1 aromatic carbocycles. The van der Waals surface area contributed by atoms with Crippen molar-refractivity contribution in [3.05, 3.63) is 39.7 Å². The van der Waals surface area contributed by atoms with Gasteiger partial charge in [0, 0.05) is 38.1 Å². The molecule has 146 valence electrons. The molecule has 1 saturated heterocycles.